The van der Waals surface area contributed by atoms with Gasteiger partial charge < -0.3 is 5.11 Å². The molecule has 1 N–H and O–H groups in total. The Morgan fingerprint density at radius 2 is 1.73 bits per heavy atom. The molecule has 0 aliphatic heterocycles. The normalized spacial score (nSPS) is 18.1. The number of likely N-dealkylation sites (N-methyl/N-ethyl adjacent to an activating group) is 1. The summed E-state index contributed by atoms with van der Waals surface area (Å²) in [7, 11) is -2.07. The fraction of sp³-hybridized carbons (Fsp3) is 0.412. The standard InChI is InChI=1S/C17H21NO3S/c1-18(13-17(19)11-4-5-12-17)22(20,21)16-10-6-8-14-7-2-3-9-15(14)16/h2-3,6-10,19H,4-5,11-13H2,1H3. The van der Waals surface area contributed by atoms with Crippen LogP contribution in [0.25, 0.3) is 10.8 Å². The van der Waals surface area contributed by atoms with Gasteiger partial charge in [0.05, 0.1) is 10.5 Å². The second-order valence-electron chi connectivity index (χ2n) is 6.17. The summed E-state index contributed by atoms with van der Waals surface area (Å²) in [6.45, 7) is 0.151. The van der Waals surface area contributed by atoms with Crippen LogP contribution in [0.1, 0.15) is 25.7 Å². The Morgan fingerprint density at radius 1 is 1.09 bits per heavy atom. The lowest BCUT2D eigenvalue weighted by molar-refractivity contribution is 0.0333. The van der Waals surface area contributed by atoms with Crippen molar-refractivity contribution in [2.24, 2.45) is 0 Å². The van der Waals surface area contributed by atoms with Crippen molar-refractivity contribution in [3.05, 3.63) is 42.5 Å². The van der Waals surface area contributed by atoms with Crippen molar-refractivity contribution >= 4 is 20.8 Å². The predicted octanol–water partition coefficient (Wildman–Crippen LogP) is 2.77. The van der Waals surface area contributed by atoms with E-state index in [0.717, 1.165) is 23.6 Å². The van der Waals surface area contributed by atoms with Gasteiger partial charge in [-0.2, -0.15) is 4.31 Å². The van der Waals surface area contributed by atoms with Gasteiger partial charge in [-0.25, -0.2) is 8.42 Å². The lowest BCUT2D eigenvalue weighted by Crippen LogP contribution is -2.42. The minimum atomic E-state index is -3.62. The summed E-state index contributed by atoms with van der Waals surface area (Å²) in [4.78, 5) is 0.301. The molecule has 0 saturated heterocycles. The van der Waals surface area contributed by atoms with Gasteiger partial charge in [-0.3, -0.25) is 0 Å². The zero-order chi connectivity index (χ0) is 15.8. The fourth-order valence-electron chi connectivity index (χ4n) is 3.28. The monoisotopic (exact) mass is 319 g/mol. The third kappa shape index (κ3) is 2.76. The van der Waals surface area contributed by atoms with Crippen molar-refractivity contribution in [3.8, 4) is 0 Å². The van der Waals surface area contributed by atoms with Crippen molar-refractivity contribution in [2.75, 3.05) is 13.6 Å². The van der Waals surface area contributed by atoms with Crippen LogP contribution in [-0.4, -0.2) is 37.0 Å². The van der Waals surface area contributed by atoms with Crippen molar-refractivity contribution in [1.29, 1.82) is 0 Å². The summed E-state index contributed by atoms with van der Waals surface area (Å²) in [5.74, 6) is 0. The first kappa shape index (κ1) is 15.5. The van der Waals surface area contributed by atoms with Crippen LogP contribution >= 0.6 is 0 Å². The number of fused-ring (bicyclic) bond motifs is 1. The van der Waals surface area contributed by atoms with Gasteiger partial charge in [-0.05, 0) is 24.3 Å². The minimum absolute atomic E-state index is 0.151. The number of sulfonamides is 1. The molecule has 1 aliphatic carbocycles. The molecule has 1 fully saturated rings. The second kappa shape index (κ2) is 5.65. The summed E-state index contributed by atoms with van der Waals surface area (Å²) in [6, 6.07) is 12.7. The molecule has 0 atom stereocenters. The maximum absolute atomic E-state index is 12.9. The summed E-state index contributed by atoms with van der Waals surface area (Å²) in [5, 5.41) is 12.1. The zero-order valence-corrected chi connectivity index (χ0v) is 13.5. The van der Waals surface area contributed by atoms with Crippen LogP contribution in [0.3, 0.4) is 0 Å². The molecule has 1 aliphatic rings. The number of rotatable bonds is 4. The quantitative estimate of drug-likeness (QED) is 0.943. The molecule has 118 valence electrons. The second-order valence-corrected chi connectivity index (χ2v) is 8.18. The first-order valence-corrected chi connectivity index (χ1v) is 9.03. The average Bonchev–Trinajstić information content (AvgIpc) is 2.92. The molecule has 0 heterocycles. The first-order valence-electron chi connectivity index (χ1n) is 7.59. The van der Waals surface area contributed by atoms with E-state index < -0.39 is 15.6 Å². The highest BCUT2D eigenvalue weighted by atomic mass is 32.2. The fourth-order valence-corrected chi connectivity index (χ4v) is 4.74. The summed E-state index contributed by atoms with van der Waals surface area (Å²) >= 11 is 0. The Hall–Kier alpha value is -1.43. The minimum Gasteiger partial charge on any atom is -0.389 e. The van der Waals surface area contributed by atoms with Crippen molar-refractivity contribution in [3.63, 3.8) is 0 Å². The van der Waals surface area contributed by atoms with E-state index in [2.05, 4.69) is 0 Å². The SMILES string of the molecule is CN(CC1(O)CCCC1)S(=O)(=O)c1cccc2ccccc12. The van der Waals surface area contributed by atoms with Gasteiger partial charge in [0.25, 0.3) is 0 Å². The number of hydrogen-bond acceptors (Lipinski definition) is 3. The van der Waals surface area contributed by atoms with Crippen LogP contribution in [0.5, 0.6) is 0 Å². The third-order valence-corrected chi connectivity index (χ3v) is 6.35. The molecule has 5 heteroatoms. The number of benzene rings is 2. The van der Waals surface area contributed by atoms with Gasteiger partial charge in [0.2, 0.25) is 10.0 Å². The molecule has 1 saturated carbocycles. The van der Waals surface area contributed by atoms with E-state index in [0.29, 0.717) is 17.7 Å². The molecule has 3 rings (SSSR count). The van der Waals surface area contributed by atoms with Gasteiger partial charge in [0, 0.05) is 19.0 Å². The summed E-state index contributed by atoms with van der Waals surface area (Å²) in [6.07, 6.45) is 3.25. The lowest BCUT2D eigenvalue weighted by Gasteiger charge is -2.28. The van der Waals surface area contributed by atoms with E-state index >= 15 is 0 Å². The highest BCUT2D eigenvalue weighted by molar-refractivity contribution is 7.89. The molecule has 4 nitrogen and oxygen atoms in total. The maximum Gasteiger partial charge on any atom is 0.243 e. The summed E-state index contributed by atoms with van der Waals surface area (Å²) < 4.78 is 27.1. The number of hydrogen-bond donors (Lipinski definition) is 1. The number of nitrogens with zero attached hydrogens (tertiary/aromatic N) is 1. The Bertz CT molecular complexity index is 774. The topological polar surface area (TPSA) is 57.6 Å². The van der Waals surface area contributed by atoms with Crippen molar-refractivity contribution in [2.45, 2.75) is 36.2 Å². The summed E-state index contributed by atoms with van der Waals surface area (Å²) in [5.41, 5.74) is -0.883. The first-order chi connectivity index (χ1) is 10.4. The third-order valence-electron chi connectivity index (χ3n) is 4.49. The van der Waals surface area contributed by atoms with E-state index in [-0.39, 0.29) is 6.54 Å². The molecule has 0 bridgehead atoms. The Morgan fingerprint density at radius 3 is 2.45 bits per heavy atom. The van der Waals surface area contributed by atoms with Crippen LogP contribution in [0.4, 0.5) is 0 Å². The van der Waals surface area contributed by atoms with E-state index in [1.54, 1.807) is 19.2 Å². The van der Waals surface area contributed by atoms with E-state index in [9.17, 15) is 13.5 Å². The highest BCUT2D eigenvalue weighted by Gasteiger charge is 2.36. The molecule has 2 aromatic carbocycles. The average molecular weight is 319 g/mol. The van der Waals surface area contributed by atoms with Crippen LogP contribution in [-0.2, 0) is 10.0 Å². The smallest absolute Gasteiger partial charge is 0.243 e. The molecule has 0 amide bonds. The largest absolute Gasteiger partial charge is 0.389 e. The van der Waals surface area contributed by atoms with Gasteiger partial charge in [0.1, 0.15) is 0 Å². The number of aliphatic hydroxyl groups is 1. The van der Waals surface area contributed by atoms with E-state index in [1.165, 1.54) is 4.31 Å². The Labute approximate surface area is 131 Å². The Balaban J connectivity index is 1.97. The van der Waals surface area contributed by atoms with E-state index in [4.69, 9.17) is 0 Å². The molecule has 0 unspecified atom stereocenters. The predicted molar refractivity (Wildman–Crippen MR) is 87.2 cm³/mol. The molecular formula is C17H21NO3S. The van der Waals surface area contributed by atoms with Crippen molar-refractivity contribution in [1.82, 2.24) is 4.31 Å². The van der Waals surface area contributed by atoms with Crippen LogP contribution in [0.15, 0.2) is 47.4 Å². The van der Waals surface area contributed by atoms with Gasteiger partial charge >= 0.3 is 0 Å². The van der Waals surface area contributed by atoms with Gasteiger partial charge in [-0.1, -0.05) is 49.2 Å². The molecule has 0 aromatic heterocycles. The molecule has 22 heavy (non-hydrogen) atoms. The van der Waals surface area contributed by atoms with E-state index in [1.807, 2.05) is 30.3 Å². The molecule has 0 spiro atoms. The highest BCUT2D eigenvalue weighted by Crippen LogP contribution is 2.32. The Kier molecular flexibility index (Phi) is 3.97. The van der Waals surface area contributed by atoms with Crippen molar-refractivity contribution < 1.29 is 13.5 Å². The van der Waals surface area contributed by atoms with Gasteiger partial charge in [-0.15, -0.1) is 0 Å². The lowest BCUT2D eigenvalue weighted by atomic mass is 10.0. The molecule has 2 aromatic rings. The maximum atomic E-state index is 12.9. The van der Waals surface area contributed by atoms with Crippen LogP contribution in [0.2, 0.25) is 0 Å². The molecular weight excluding hydrogens is 298 g/mol. The van der Waals surface area contributed by atoms with Crippen LogP contribution < -0.4 is 0 Å². The zero-order valence-electron chi connectivity index (χ0n) is 12.7. The van der Waals surface area contributed by atoms with Crippen LogP contribution in [0, 0.1) is 0 Å². The molecule has 0 radical (unpaired) electrons. The van der Waals surface area contributed by atoms with Gasteiger partial charge in [0.15, 0.2) is 0 Å².